The third-order valence-electron chi connectivity index (χ3n) is 5.72. The van der Waals surface area contributed by atoms with E-state index < -0.39 is 0 Å². The number of anilines is 1. The molecule has 1 atom stereocenters. The number of hydrogen-bond donors (Lipinski definition) is 0. The van der Waals surface area contributed by atoms with E-state index >= 15 is 0 Å². The summed E-state index contributed by atoms with van der Waals surface area (Å²) in [6.07, 6.45) is 9.38. The van der Waals surface area contributed by atoms with E-state index in [0.717, 1.165) is 54.0 Å². The maximum absolute atomic E-state index is 5.99. The van der Waals surface area contributed by atoms with Crippen LogP contribution in [0.4, 0.5) is 5.95 Å². The first-order valence-electron chi connectivity index (χ1n) is 10.2. The third kappa shape index (κ3) is 3.37. The van der Waals surface area contributed by atoms with Gasteiger partial charge in [-0.2, -0.15) is 10.1 Å². The highest BCUT2D eigenvalue weighted by molar-refractivity contribution is 5.86. The molecule has 1 saturated heterocycles. The van der Waals surface area contributed by atoms with Gasteiger partial charge in [0.2, 0.25) is 5.95 Å². The Morgan fingerprint density at radius 2 is 1.97 bits per heavy atom. The highest BCUT2D eigenvalue weighted by Gasteiger charge is 2.27. The van der Waals surface area contributed by atoms with Gasteiger partial charge in [-0.15, -0.1) is 0 Å². The molecule has 0 spiro atoms. The molecule has 1 aliphatic carbocycles. The van der Waals surface area contributed by atoms with Crippen molar-refractivity contribution < 1.29 is 4.74 Å². The second-order valence-electron chi connectivity index (χ2n) is 7.81. The second-order valence-corrected chi connectivity index (χ2v) is 7.81. The van der Waals surface area contributed by atoms with E-state index in [9.17, 15) is 0 Å². The van der Waals surface area contributed by atoms with Crippen LogP contribution in [0.15, 0.2) is 18.5 Å². The predicted molar refractivity (Wildman–Crippen MR) is 111 cm³/mol. The lowest BCUT2D eigenvalue weighted by molar-refractivity contribution is 0.0392. The molecule has 150 valence electrons. The van der Waals surface area contributed by atoms with Crippen molar-refractivity contribution in [3.63, 3.8) is 0 Å². The zero-order chi connectivity index (χ0) is 20.0. The van der Waals surface area contributed by atoms with Crippen LogP contribution in [0.3, 0.4) is 0 Å². The molecule has 4 heterocycles. The number of allylic oxidation sites excluding steroid dienone is 2. The van der Waals surface area contributed by atoms with Crippen LogP contribution in [-0.4, -0.2) is 49.4 Å². The van der Waals surface area contributed by atoms with Crippen molar-refractivity contribution in [2.75, 3.05) is 24.6 Å². The summed E-state index contributed by atoms with van der Waals surface area (Å²) in [4.78, 5) is 21.5. The molecule has 0 aromatic carbocycles. The molecule has 0 unspecified atom stereocenters. The predicted octanol–water partition coefficient (Wildman–Crippen LogP) is 2.92. The number of ether oxygens (including phenoxy) is 1. The highest BCUT2D eigenvalue weighted by atomic mass is 16.5. The van der Waals surface area contributed by atoms with Crippen molar-refractivity contribution in [1.29, 1.82) is 0 Å². The van der Waals surface area contributed by atoms with Crippen LogP contribution in [-0.2, 0) is 11.8 Å². The quantitative estimate of drug-likeness (QED) is 0.679. The summed E-state index contributed by atoms with van der Waals surface area (Å²) in [5.74, 6) is 0.704. The first kappa shape index (κ1) is 18.2. The van der Waals surface area contributed by atoms with E-state index in [2.05, 4.69) is 16.1 Å². The van der Waals surface area contributed by atoms with Crippen LogP contribution in [0.2, 0.25) is 0 Å². The third-order valence-corrected chi connectivity index (χ3v) is 5.72. The average molecular weight is 391 g/mol. The zero-order valence-electron chi connectivity index (χ0n) is 17.1. The van der Waals surface area contributed by atoms with Gasteiger partial charge in [0.1, 0.15) is 11.6 Å². The Morgan fingerprint density at radius 3 is 2.72 bits per heavy atom. The first-order valence-corrected chi connectivity index (χ1v) is 10.2. The van der Waals surface area contributed by atoms with Gasteiger partial charge in [0.15, 0.2) is 5.65 Å². The van der Waals surface area contributed by atoms with Crippen molar-refractivity contribution in [3.05, 3.63) is 41.1 Å². The lowest BCUT2D eigenvalue weighted by Gasteiger charge is -2.32. The molecule has 29 heavy (non-hydrogen) atoms. The molecule has 3 aromatic rings. The van der Waals surface area contributed by atoms with E-state index in [-0.39, 0.29) is 6.10 Å². The Bertz CT molecular complexity index is 1100. The summed E-state index contributed by atoms with van der Waals surface area (Å²) < 4.78 is 7.79. The van der Waals surface area contributed by atoms with Crippen molar-refractivity contribution in [1.82, 2.24) is 29.7 Å². The van der Waals surface area contributed by atoms with Gasteiger partial charge in [-0.05, 0) is 38.7 Å². The van der Waals surface area contributed by atoms with Crippen LogP contribution in [0, 0.1) is 13.8 Å². The molecule has 8 nitrogen and oxygen atoms in total. The van der Waals surface area contributed by atoms with Gasteiger partial charge < -0.3 is 9.64 Å². The molecule has 2 aliphatic rings. The SMILES string of the molecule is Cc1nc2nc(N3CCO[C@@H](c4cnn(C)c4)C3)nc(C3=CCCC3)c2nc1C. The second kappa shape index (κ2) is 7.18. The maximum atomic E-state index is 5.99. The van der Waals surface area contributed by atoms with E-state index in [1.807, 2.05) is 33.3 Å². The molecule has 0 bridgehead atoms. The van der Waals surface area contributed by atoms with Crippen LogP contribution in [0.5, 0.6) is 0 Å². The topological polar surface area (TPSA) is 81.9 Å². The van der Waals surface area contributed by atoms with Crippen LogP contribution in [0.1, 0.15) is 48.0 Å². The lowest BCUT2D eigenvalue weighted by Crippen LogP contribution is -2.39. The Kier molecular flexibility index (Phi) is 4.50. The number of hydrogen-bond acceptors (Lipinski definition) is 7. The van der Waals surface area contributed by atoms with Crippen LogP contribution in [0.25, 0.3) is 16.7 Å². The zero-order valence-corrected chi connectivity index (χ0v) is 17.1. The number of nitrogens with zero attached hydrogens (tertiary/aromatic N) is 7. The number of aromatic nitrogens is 6. The minimum atomic E-state index is -0.0447. The number of aryl methyl sites for hydroxylation is 3. The molecular formula is C21H25N7O. The minimum absolute atomic E-state index is 0.0447. The molecule has 5 rings (SSSR count). The van der Waals surface area contributed by atoms with Gasteiger partial charge in [0, 0.05) is 25.4 Å². The number of fused-ring (bicyclic) bond motifs is 1. The standard InChI is InChI=1S/C21H25N7O/c1-13-14(2)24-20-19(23-13)18(15-6-4-5-7-15)25-21(26-20)28-8-9-29-17(12-28)16-10-22-27(3)11-16/h6,10-11,17H,4-5,7-9,12H2,1-3H3/t17-/m1/s1. The molecule has 0 saturated carbocycles. The Balaban J connectivity index is 1.56. The minimum Gasteiger partial charge on any atom is -0.370 e. The molecule has 0 radical (unpaired) electrons. The van der Waals surface area contributed by atoms with Crippen molar-refractivity contribution >= 4 is 22.7 Å². The Labute approximate surface area is 169 Å². The number of morpholine rings is 1. The molecular weight excluding hydrogens is 366 g/mol. The first-order chi connectivity index (χ1) is 14.1. The molecule has 8 heteroatoms. The monoisotopic (exact) mass is 391 g/mol. The fraction of sp³-hybridized carbons (Fsp3) is 0.476. The van der Waals surface area contributed by atoms with Gasteiger partial charge in [-0.3, -0.25) is 4.68 Å². The van der Waals surface area contributed by atoms with Crippen LogP contribution < -0.4 is 4.90 Å². The van der Waals surface area contributed by atoms with E-state index in [4.69, 9.17) is 24.7 Å². The maximum Gasteiger partial charge on any atom is 0.228 e. The Morgan fingerprint density at radius 1 is 1.10 bits per heavy atom. The van der Waals surface area contributed by atoms with E-state index in [0.29, 0.717) is 24.7 Å². The highest BCUT2D eigenvalue weighted by Crippen LogP contribution is 2.32. The van der Waals surface area contributed by atoms with Gasteiger partial charge in [-0.25, -0.2) is 15.0 Å². The molecule has 0 amide bonds. The summed E-state index contributed by atoms with van der Waals surface area (Å²) in [5, 5.41) is 4.28. The summed E-state index contributed by atoms with van der Waals surface area (Å²) in [6.45, 7) is 6.03. The summed E-state index contributed by atoms with van der Waals surface area (Å²) >= 11 is 0. The molecule has 1 aliphatic heterocycles. The molecule has 0 N–H and O–H groups in total. The van der Waals surface area contributed by atoms with Crippen LogP contribution >= 0.6 is 0 Å². The van der Waals surface area contributed by atoms with Gasteiger partial charge in [0.25, 0.3) is 0 Å². The fourth-order valence-electron chi connectivity index (χ4n) is 3.99. The van der Waals surface area contributed by atoms with Gasteiger partial charge >= 0.3 is 0 Å². The molecule has 3 aromatic heterocycles. The summed E-state index contributed by atoms with van der Waals surface area (Å²) in [7, 11) is 1.92. The van der Waals surface area contributed by atoms with Crippen molar-refractivity contribution in [2.24, 2.45) is 7.05 Å². The smallest absolute Gasteiger partial charge is 0.228 e. The van der Waals surface area contributed by atoms with Crippen molar-refractivity contribution in [2.45, 2.75) is 39.2 Å². The lowest BCUT2D eigenvalue weighted by atomic mass is 10.1. The van der Waals surface area contributed by atoms with E-state index in [1.165, 1.54) is 5.57 Å². The number of rotatable bonds is 3. The van der Waals surface area contributed by atoms with Crippen molar-refractivity contribution in [3.8, 4) is 0 Å². The Hall–Kier alpha value is -2.87. The molecule has 1 fully saturated rings. The normalized spacial score (nSPS) is 19.8. The van der Waals surface area contributed by atoms with Gasteiger partial charge in [-0.1, -0.05) is 6.08 Å². The van der Waals surface area contributed by atoms with E-state index in [1.54, 1.807) is 4.68 Å². The largest absolute Gasteiger partial charge is 0.370 e. The summed E-state index contributed by atoms with van der Waals surface area (Å²) in [6, 6.07) is 0. The van der Waals surface area contributed by atoms with Gasteiger partial charge in [0.05, 0.1) is 36.4 Å². The summed E-state index contributed by atoms with van der Waals surface area (Å²) in [5.41, 5.74) is 6.58. The fourth-order valence-corrected chi connectivity index (χ4v) is 3.99. The average Bonchev–Trinajstić information content (AvgIpc) is 3.40.